The molecule has 1 aromatic carbocycles. The van der Waals surface area contributed by atoms with E-state index in [-0.39, 0.29) is 11.9 Å². The highest BCUT2D eigenvalue weighted by Crippen LogP contribution is 2.26. The summed E-state index contributed by atoms with van der Waals surface area (Å²) in [5.74, 6) is 0.696. The van der Waals surface area contributed by atoms with Gasteiger partial charge in [0.25, 0.3) is 0 Å². The molecule has 1 aromatic rings. The second kappa shape index (κ2) is 4.79. The molecule has 1 aliphatic rings. The van der Waals surface area contributed by atoms with Gasteiger partial charge in [-0.15, -0.1) is 0 Å². The third kappa shape index (κ3) is 2.60. The Morgan fingerprint density at radius 2 is 2.06 bits per heavy atom. The molecule has 2 nitrogen and oxygen atoms in total. The third-order valence-corrected chi connectivity index (χ3v) is 2.49. The van der Waals surface area contributed by atoms with E-state index in [2.05, 4.69) is 18.2 Å². The van der Waals surface area contributed by atoms with E-state index in [0.29, 0.717) is 6.42 Å². The van der Waals surface area contributed by atoms with Crippen molar-refractivity contribution < 1.29 is 9.53 Å². The highest BCUT2D eigenvalue weighted by molar-refractivity contribution is 5.67. The number of ether oxygens (including phenoxy) is 1. The van der Waals surface area contributed by atoms with E-state index in [1.807, 2.05) is 30.4 Å². The number of esters is 1. The minimum absolute atomic E-state index is 0.212. The van der Waals surface area contributed by atoms with E-state index in [1.54, 1.807) is 0 Å². The molecule has 82 valence electrons. The molecule has 0 N–H and O–H groups in total. The largest absolute Gasteiger partial charge is 0.431 e. The van der Waals surface area contributed by atoms with Crippen molar-refractivity contribution in [3.8, 4) is 0 Å². The van der Waals surface area contributed by atoms with Gasteiger partial charge in [-0.1, -0.05) is 42.5 Å². The predicted molar refractivity (Wildman–Crippen MR) is 62.8 cm³/mol. The van der Waals surface area contributed by atoms with Gasteiger partial charge in [0.2, 0.25) is 0 Å². The first kappa shape index (κ1) is 10.7. The number of rotatable bonds is 2. The first-order valence-corrected chi connectivity index (χ1v) is 5.36. The van der Waals surface area contributed by atoms with Crippen molar-refractivity contribution in [2.75, 3.05) is 0 Å². The maximum Gasteiger partial charge on any atom is 0.307 e. The fourth-order valence-electron chi connectivity index (χ4n) is 1.80. The molecule has 0 fully saturated rings. The highest BCUT2D eigenvalue weighted by Gasteiger charge is 2.12. The second-order valence-corrected chi connectivity index (χ2v) is 3.80. The van der Waals surface area contributed by atoms with Crippen LogP contribution in [0.2, 0.25) is 0 Å². The van der Waals surface area contributed by atoms with Gasteiger partial charge in [-0.25, -0.2) is 0 Å². The summed E-state index contributed by atoms with van der Waals surface area (Å²) in [4.78, 5) is 10.9. The molecule has 0 amide bonds. The Kier molecular flexibility index (Phi) is 3.20. The van der Waals surface area contributed by atoms with Crippen LogP contribution in [-0.4, -0.2) is 5.97 Å². The molecule has 0 saturated carbocycles. The zero-order chi connectivity index (χ0) is 11.4. The summed E-state index contributed by atoms with van der Waals surface area (Å²) in [6.07, 6.45) is 6.86. The van der Waals surface area contributed by atoms with Crippen molar-refractivity contribution in [3.05, 3.63) is 59.9 Å². The van der Waals surface area contributed by atoms with Crippen molar-refractivity contribution in [3.63, 3.8) is 0 Å². The van der Waals surface area contributed by atoms with Crippen molar-refractivity contribution in [2.45, 2.75) is 19.3 Å². The SMILES string of the molecule is CC(=O)OC1=CC(c2ccccc2)C=CC1. The average molecular weight is 214 g/mol. The van der Waals surface area contributed by atoms with E-state index in [0.717, 1.165) is 5.76 Å². The number of allylic oxidation sites excluding steroid dienone is 3. The van der Waals surface area contributed by atoms with Crippen LogP contribution < -0.4 is 0 Å². The zero-order valence-corrected chi connectivity index (χ0v) is 9.22. The number of hydrogen-bond acceptors (Lipinski definition) is 2. The molecule has 0 spiro atoms. The molecule has 0 radical (unpaired) electrons. The Labute approximate surface area is 95.2 Å². The Hall–Kier alpha value is -1.83. The normalized spacial score (nSPS) is 19.1. The molecule has 2 rings (SSSR count). The molecule has 0 heterocycles. The van der Waals surface area contributed by atoms with Crippen molar-refractivity contribution in [1.82, 2.24) is 0 Å². The molecule has 16 heavy (non-hydrogen) atoms. The standard InChI is InChI=1S/C14H14O2/c1-11(15)16-14-9-5-8-13(10-14)12-6-3-2-4-7-12/h2-8,10,13H,9H2,1H3. The van der Waals surface area contributed by atoms with Crippen molar-refractivity contribution >= 4 is 5.97 Å². The van der Waals surface area contributed by atoms with Crippen LogP contribution in [0.1, 0.15) is 24.8 Å². The first-order chi connectivity index (χ1) is 7.75. The Balaban J connectivity index is 2.17. The third-order valence-electron chi connectivity index (χ3n) is 2.49. The van der Waals surface area contributed by atoms with Crippen molar-refractivity contribution in [1.29, 1.82) is 0 Å². The van der Waals surface area contributed by atoms with Crippen LogP contribution in [0.25, 0.3) is 0 Å². The van der Waals surface area contributed by atoms with Gasteiger partial charge >= 0.3 is 5.97 Å². The summed E-state index contributed by atoms with van der Waals surface area (Å²) in [5, 5.41) is 0. The highest BCUT2D eigenvalue weighted by atomic mass is 16.5. The van der Waals surface area contributed by atoms with Gasteiger partial charge in [-0.2, -0.15) is 0 Å². The summed E-state index contributed by atoms with van der Waals surface area (Å²) in [6, 6.07) is 10.2. The summed E-state index contributed by atoms with van der Waals surface area (Å²) in [6.45, 7) is 1.43. The van der Waals surface area contributed by atoms with Crippen LogP contribution in [0, 0.1) is 0 Å². The summed E-state index contributed by atoms with van der Waals surface area (Å²) in [5.41, 5.74) is 1.21. The van der Waals surface area contributed by atoms with Gasteiger partial charge in [-0.05, 0) is 11.6 Å². The average Bonchev–Trinajstić information content (AvgIpc) is 2.30. The molecule has 0 saturated heterocycles. The number of carbonyl (C=O) groups excluding carboxylic acids is 1. The van der Waals surface area contributed by atoms with E-state index in [4.69, 9.17) is 4.74 Å². The molecule has 2 heteroatoms. The summed E-state index contributed by atoms with van der Waals surface area (Å²) >= 11 is 0. The smallest absolute Gasteiger partial charge is 0.307 e. The Morgan fingerprint density at radius 1 is 1.31 bits per heavy atom. The lowest BCUT2D eigenvalue weighted by Gasteiger charge is -2.15. The Morgan fingerprint density at radius 3 is 2.75 bits per heavy atom. The minimum atomic E-state index is -0.256. The quantitative estimate of drug-likeness (QED) is 0.558. The zero-order valence-electron chi connectivity index (χ0n) is 9.22. The van der Waals surface area contributed by atoms with E-state index in [1.165, 1.54) is 12.5 Å². The molecule has 1 unspecified atom stereocenters. The molecular formula is C14H14O2. The van der Waals surface area contributed by atoms with E-state index in [9.17, 15) is 4.79 Å². The lowest BCUT2D eigenvalue weighted by molar-refractivity contribution is -0.137. The van der Waals surface area contributed by atoms with Gasteiger partial charge < -0.3 is 4.74 Å². The molecule has 1 atom stereocenters. The molecule has 0 aliphatic heterocycles. The van der Waals surface area contributed by atoms with Crippen LogP contribution >= 0.6 is 0 Å². The molecule has 1 aliphatic carbocycles. The monoisotopic (exact) mass is 214 g/mol. The van der Waals surface area contributed by atoms with Gasteiger partial charge in [0.05, 0.1) is 0 Å². The van der Waals surface area contributed by atoms with E-state index >= 15 is 0 Å². The fourth-order valence-corrected chi connectivity index (χ4v) is 1.80. The Bertz CT molecular complexity index is 429. The lowest BCUT2D eigenvalue weighted by Crippen LogP contribution is -2.04. The van der Waals surface area contributed by atoms with Crippen LogP contribution in [0.15, 0.2) is 54.3 Å². The van der Waals surface area contributed by atoms with Gasteiger partial charge in [0.1, 0.15) is 5.76 Å². The summed E-state index contributed by atoms with van der Waals surface area (Å²) < 4.78 is 5.11. The maximum atomic E-state index is 10.9. The van der Waals surface area contributed by atoms with Gasteiger partial charge in [0, 0.05) is 19.3 Å². The number of hydrogen-bond donors (Lipinski definition) is 0. The van der Waals surface area contributed by atoms with Crippen LogP contribution in [-0.2, 0) is 9.53 Å². The number of benzene rings is 1. The van der Waals surface area contributed by atoms with Gasteiger partial charge in [0.15, 0.2) is 0 Å². The van der Waals surface area contributed by atoms with E-state index < -0.39 is 0 Å². The molecule has 0 aromatic heterocycles. The topological polar surface area (TPSA) is 26.3 Å². The molecule has 0 bridgehead atoms. The van der Waals surface area contributed by atoms with Crippen molar-refractivity contribution in [2.24, 2.45) is 0 Å². The second-order valence-electron chi connectivity index (χ2n) is 3.80. The lowest BCUT2D eigenvalue weighted by atomic mass is 9.94. The van der Waals surface area contributed by atoms with Crippen LogP contribution in [0.5, 0.6) is 0 Å². The van der Waals surface area contributed by atoms with Gasteiger partial charge in [-0.3, -0.25) is 4.79 Å². The molecular weight excluding hydrogens is 200 g/mol. The minimum Gasteiger partial charge on any atom is -0.431 e. The number of carbonyl (C=O) groups is 1. The fraction of sp³-hybridized carbons (Fsp3) is 0.214. The maximum absolute atomic E-state index is 10.9. The van der Waals surface area contributed by atoms with Crippen LogP contribution in [0.4, 0.5) is 0 Å². The van der Waals surface area contributed by atoms with Crippen LogP contribution in [0.3, 0.4) is 0 Å². The predicted octanol–water partition coefficient (Wildman–Crippen LogP) is 3.18. The summed E-state index contributed by atoms with van der Waals surface area (Å²) in [7, 11) is 0. The first-order valence-electron chi connectivity index (χ1n) is 5.36.